The van der Waals surface area contributed by atoms with Gasteiger partial charge in [-0.3, -0.25) is 4.98 Å². The van der Waals surface area contributed by atoms with Gasteiger partial charge in [-0.05, 0) is 53.6 Å². The van der Waals surface area contributed by atoms with E-state index in [0.29, 0.717) is 43.2 Å². The lowest BCUT2D eigenvalue weighted by atomic mass is 10.0. The maximum atomic E-state index is 14.2. The van der Waals surface area contributed by atoms with Crippen LogP contribution < -0.4 is 15.6 Å². The monoisotopic (exact) mass is 553 g/mol. The molecule has 0 bridgehead atoms. The molecule has 1 aliphatic heterocycles. The minimum absolute atomic E-state index is 0.0519. The molecule has 0 aliphatic carbocycles. The molecule has 4 aromatic rings. The number of ether oxygens (including phenoxy) is 1. The van der Waals surface area contributed by atoms with Gasteiger partial charge in [-0.15, -0.1) is 0 Å². The molecule has 3 heterocycles. The number of morpholine rings is 1. The maximum absolute atomic E-state index is 14.2. The van der Waals surface area contributed by atoms with E-state index in [9.17, 15) is 22.7 Å². The van der Waals surface area contributed by atoms with Crippen LogP contribution in [0.4, 0.5) is 40.7 Å². The second-order valence-corrected chi connectivity index (χ2v) is 8.78. The number of halogens is 4. The van der Waals surface area contributed by atoms with Crippen molar-refractivity contribution in [2.24, 2.45) is 5.10 Å². The SMILES string of the molecule is Oc1cccc(-c2cc(Nc3ccc(C=NNc4ncc(F)c(N5CCOCC5)n4)nc3)cc(C(F)(F)F)c2)c1. The smallest absolute Gasteiger partial charge is 0.416 e. The first-order valence-corrected chi connectivity index (χ1v) is 12.1. The molecule has 2 aromatic carbocycles. The number of hydrazone groups is 1. The van der Waals surface area contributed by atoms with Crippen molar-refractivity contribution < 1.29 is 27.4 Å². The van der Waals surface area contributed by atoms with E-state index in [-0.39, 0.29) is 28.8 Å². The Bertz CT molecular complexity index is 1510. The Morgan fingerprint density at radius 1 is 0.950 bits per heavy atom. The number of hydrogen-bond donors (Lipinski definition) is 3. The van der Waals surface area contributed by atoms with Gasteiger partial charge in [0.2, 0.25) is 5.95 Å². The summed E-state index contributed by atoms with van der Waals surface area (Å²) in [6.45, 7) is 1.98. The van der Waals surface area contributed by atoms with Crippen LogP contribution in [0.2, 0.25) is 0 Å². The summed E-state index contributed by atoms with van der Waals surface area (Å²) < 4.78 is 60.2. The minimum atomic E-state index is -4.56. The number of anilines is 4. The number of rotatable bonds is 7. The largest absolute Gasteiger partial charge is 0.508 e. The van der Waals surface area contributed by atoms with Crippen LogP contribution in [-0.4, -0.2) is 52.6 Å². The molecule has 0 unspecified atom stereocenters. The lowest BCUT2D eigenvalue weighted by Gasteiger charge is -2.27. The first kappa shape index (κ1) is 26.8. The predicted molar refractivity (Wildman–Crippen MR) is 142 cm³/mol. The Hall–Kier alpha value is -4.78. The predicted octanol–water partition coefficient (Wildman–Crippen LogP) is 5.43. The number of aromatic hydroxyl groups is 1. The third kappa shape index (κ3) is 6.61. The second-order valence-electron chi connectivity index (χ2n) is 8.78. The summed E-state index contributed by atoms with van der Waals surface area (Å²) in [5.74, 6) is -0.337. The van der Waals surface area contributed by atoms with Gasteiger partial charge in [0.15, 0.2) is 11.6 Å². The normalized spacial score (nSPS) is 13.9. The maximum Gasteiger partial charge on any atom is 0.416 e. The molecule has 40 heavy (non-hydrogen) atoms. The summed E-state index contributed by atoms with van der Waals surface area (Å²) in [5, 5.41) is 16.7. The van der Waals surface area contributed by atoms with Gasteiger partial charge < -0.3 is 20.1 Å². The molecule has 1 aliphatic rings. The number of hydrogen-bond acceptors (Lipinski definition) is 9. The molecule has 3 N–H and O–H groups in total. The molecular formula is C27H23F4N7O2. The van der Waals surface area contributed by atoms with Crippen molar-refractivity contribution >= 4 is 29.4 Å². The van der Waals surface area contributed by atoms with Crippen LogP contribution in [-0.2, 0) is 10.9 Å². The second kappa shape index (κ2) is 11.5. The van der Waals surface area contributed by atoms with Crippen LogP contribution in [0.5, 0.6) is 5.75 Å². The number of benzene rings is 2. The summed E-state index contributed by atoms with van der Waals surface area (Å²) in [6.07, 6.45) is -0.657. The highest BCUT2D eigenvalue weighted by Crippen LogP contribution is 2.36. The van der Waals surface area contributed by atoms with Crippen molar-refractivity contribution in [3.63, 3.8) is 0 Å². The molecule has 0 atom stereocenters. The van der Waals surface area contributed by atoms with E-state index in [4.69, 9.17) is 4.74 Å². The van der Waals surface area contributed by atoms with Gasteiger partial charge in [-0.1, -0.05) is 12.1 Å². The van der Waals surface area contributed by atoms with Gasteiger partial charge in [-0.2, -0.15) is 23.3 Å². The third-order valence-corrected chi connectivity index (χ3v) is 5.91. The Morgan fingerprint density at radius 2 is 1.77 bits per heavy atom. The molecule has 13 heteroatoms. The molecule has 5 rings (SSSR count). The lowest BCUT2D eigenvalue weighted by molar-refractivity contribution is -0.137. The molecular weight excluding hydrogens is 530 g/mol. The molecule has 2 aromatic heterocycles. The van der Waals surface area contributed by atoms with E-state index >= 15 is 0 Å². The van der Waals surface area contributed by atoms with Crippen molar-refractivity contribution in [3.8, 4) is 16.9 Å². The van der Waals surface area contributed by atoms with Gasteiger partial charge in [0.1, 0.15) is 5.75 Å². The van der Waals surface area contributed by atoms with E-state index in [0.717, 1.165) is 18.3 Å². The number of pyridine rings is 1. The van der Waals surface area contributed by atoms with Crippen LogP contribution in [0.15, 0.2) is 72.1 Å². The lowest BCUT2D eigenvalue weighted by Crippen LogP contribution is -2.37. The molecule has 0 saturated carbocycles. The number of phenols is 1. The number of phenolic OH excluding ortho intramolecular Hbond substituents is 1. The quantitative estimate of drug-likeness (QED) is 0.158. The molecule has 1 fully saturated rings. The first-order chi connectivity index (χ1) is 19.2. The summed E-state index contributed by atoms with van der Waals surface area (Å²) in [7, 11) is 0. The molecule has 0 spiro atoms. The third-order valence-electron chi connectivity index (χ3n) is 5.91. The van der Waals surface area contributed by atoms with E-state index < -0.39 is 17.6 Å². The average Bonchev–Trinajstić information content (AvgIpc) is 2.95. The Kier molecular flexibility index (Phi) is 7.73. The fourth-order valence-electron chi connectivity index (χ4n) is 4.00. The number of aromatic nitrogens is 3. The topological polar surface area (TPSA) is 108 Å². The molecule has 0 amide bonds. The van der Waals surface area contributed by atoms with E-state index in [1.54, 1.807) is 35.2 Å². The first-order valence-electron chi connectivity index (χ1n) is 12.1. The summed E-state index contributed by atoms with van der Waals surface area (Å²) >= 11 is 0. The molecule has 206 valence electrons. The summed E-state index contributed by atoms with van der Waals surface area (Å²) in [6, 6.07) is 12.8. The van der Waals surface area contributed by atoms with E-state index in [1.165, 1.54) is 24.5 Å². The standard InChI is InChI=1S/C27H23F4N7O2/c28-24-16-33-26(36-25(24)38-6-8-40-9-7-38)37-34-15-20-4-5-21(14-32-20)35-22-11-18(10-19(13-22)27(29,30)31)17-2-1-3-23(39)12-17/h1-5,10-16,35,39H,6-9H2,(H,33,36,37). The fourth-order valence-corrected chi connectivity index (χ4v) is 4.00. The van der Waals surface area contributed by atoms with Crippen molar-refractivity contribution in [1.82, 2.24) is 15.0 Å². The summed E-state index contributed by atoms with van der Waals surface area (Å²) in [4.78, 5) is 14.1. The summed E-state index contributed by atoms with van der Waals surface area (Å²) in [5.41, 5.74) is 3.62. The van der Waals surface area contributed by atoms with Crippen molar-refractivity contribution in [3.05, 3.63) is 84.1 Å². The Morgan fingerprint density at radius 3 is 2.50 bits per heavy atom. The molecule has 1 saturated heterocycles. The van der Waals surface area contributed by atoms with Gasteiger partial charge in [-0.25, -0.2) is 14.8 Å². The van der Waals surface area contributed by atoms with Crippen molar-refractivity contribution in [2.45, 2.75) is 6.18 Å². The molecule has 0 radical (unpaired) electrons. The van der Waals surface area contributed by atoms with E-state index in [2.05, 4.69) is 30.8 Å². The highest BCUT2D eigenvalue weighted by molar-refractivity contribution is 5.78. The molecule has 9 nitrogen and oxygen atoms in total. The Balaban J connectivity index is 1.28. The zero-order valence-electron chi connectivity index (χ0n) is 20.9. The van der Waals surface area contributed by atoms with Crippen LogP contribution in [0.1, 0.15) is 11.3 Å². The van der Waals surface area contributed by atoms with Crippen LogP contribution in [0.25, 0.3) is 11.1 Å². The number of nitrogens with zero attached hydrogens (tertiary/aromatic N) is 5. The van der Waals surface area contributed by atoms with Gasteiger partial charge in [0.05, 0.1) is 48.8 Å². The highest BCUT2D eigenvalue weighted by atomic mass is 19.4. The van der Waals surface area contributed by atoms with Gasteiger partial charge in [0, 0.05) is 18.8 Å². The van der Waals surface area contributed by atoms with Crippen molar-refractivity contribution in [1.29, 1.82) is 0 Å². The fraction of sp³-hybridized carbons (Fsp3) is 0.185. The van der Waals surface area contributed by atoms with E-state index in [1.807, 2.05) is 0 Å². The van der Waals surface area contributed by atoms with Gasteiger partial charge >= 0.3 is 6.18 Å². The average molecular weight is 554 g/mol. The number of nitrogens with one attached hydrogen (secondary N) is 2. The number of alkyl halides is 3. The minimum Gasteiger partial charge on any atom is -0.508 e. The zero-order valence-corrected chi connectivity index (χ0v) is 20.9. The van der Waals surface area contributed by atoms with Gasteiger partial charge in [0.25, 0.3) is 0 Å². The zero-order chi connectivity index (χ0) is 28.1. The van der Waals surface area contributed by atoms with Crippen LogP contribution in [0, 0.1) is 5.82 Å². The van der Waals surface area contributed by atoms with Crippen molar-refractivity contribution in [2.75, 3.05) is 41.9 Å². The highest BCUT2D eigenvalue weighted by Gasteiger charge is 2.31. The Labute approximate surface area is 226 Å². The van der Waals surface area contributed by atoms with Crippen LogP contribution >= 0.6 is 0 Å². The van der Waals surface area contributed by atoms with Crippen LogP contribution in [0.3, 0.4) is 0 Å².